The first kappa shape index (κ1) is 13.5. The number of carbonyl (C=O) groups is 1. The number of aromatic nitrogens is 3. The summed E-state index contributed by atoms with van der Waals surface area (Å²) in [6.07, 6.45) is 3.75. The van der Waals surface area contributed by atoms with E-state index in [2.05, 4.69) is 15.5 Å². The number of rotatable bonds is 2. The predicted molar refractivity (Wildman–Crippen MR) is 81.8 cm³/mol. The van der Waals surface area contributed by atoms with Gasteiger partial charge in [0, 0.05) is 19.1 Å². The average molecular weight is 297 g/mol. The van der Waals surface area contributed by atoms with Crippen LogP contribution in [0.25, 0.3) is 5.69 Å². The van der Waals surface area contributed by atoms with Gasteiger partial charge in [-0.05, 0) is 37.4 Å². The molecule has 2 atom stereocenters. The Balaban J connectivity index is 1.50. The fourth-order valence-corrected chi connectivity index (χ4v) is 3.44. The summed E-state index contributed by atoms with van der Waals surface area (Å²) in [5.74, 6) is 0.578. The van der Waals surface area contributed by atoms with Crippen molar-refractivity contribution in [2.24, 2.45) is 5.92 Å². The van der Waals surface area contributed by atoms with Crippen molar-refractivity contribution in [1.29, 1.82) is 0 Å². The van der Waals surface area contributed by atoms with E-state index in [0.717, 1.165) is 38.2 Å². The Morgan fingerprint density at radius 1 is 1.23 bits per heavy atom. The highest BCUT2D eigenvalue weighted by atomic mass is 16.2. The molecule has 0 spiro atoms. The van der Waals surface area contributed by atoms with Crippen LogP contribution in [0, 0.1) is 5.92 Å². The molecule has 0 bridgehead atoms. The number of fused-ring (bicyclic) bond motifs is 1. The highest BCUT2D eigenvalue weighted by Crippen LogP contribution is 2.25. The highest BCUT2D eigenvalue weighted by molar-refractivity contribution is 5.92. The van der Waals surface area contributed by atoms with Crippen LogP contribution in [0.5, 0.6) is 0 Å². The fraction of sp³-hybridized carbons (Fsp3) is 0.438. The quantitative estimate of drug-likeness (QED) is 0.901. The number of nitrogens with zero attached hydrogens (tertiary/aromatic N) is 4. The molecule has 2 aliphatic heterocycles. The molecule has 3 heterocycles. The minimum Gasteiger partial charge on any atom is -0.337 e. The molecule has 2 unspecified atom stereocenters. The maximum absolute atomic E-state index is 12.6. The summed E-state index contributed by atoms with van der Waals surface area (Å²) in [6, 6.07) is 10.2. The van der Waals surface area contributed by atoms with E-state index in [9.17, 15) is 4.79 Å². The van der Waals surface area contributed by atoms with E-state index in [1.165, 1.54) is 4.80 Å². The van der Waals surface area contributed by atoms with Crippen molar-refractivity contribution in [2.75, 3.05) is 19.6 Å². The summed E-state index contributed by atoms with van der Waals surface area (Å²) in [4.78, 5) is 16.1. The summed E-state index contributed by atoms with van der Waals surface area (Å²) in [6.45, 7) is 2.70. The monoisotopic (exact) mass is 297 g/mol. The second-order valence-electron chi connectivity index (χ2n) is 6.00. The summed E-state index contributed by atoms with van der Waals surface area (Å²) in [7, 11) is 0. The molecule has 6 heteroatoms. The van der Waals surface area contributed by atoms with Crippen LogP contribution < -0.4 is 5.32 Å². The van der Waals surface area contributed by atoms with E-state index in [0.29, 0.717) is 17.7 Å². The number of likely N-dealkylation sites (tertiary alicyclic amines) is 1. The Morgan fingerprint density at radius 3 is 2.95 bits per heavy atom. The van der Waals surface area contributed by atoms with Gasteiger partial charge in [-0.1, -0.05) is 18.2 Å². The lowest BCUT2D eigenvalue weighted by Gasteiger charge is -2.34. The molecule has 0 saturated carbocycles. The number of nitrogens with one attached hydrogen (secondary N) is 1. The van der Waals surface area contributed by atoms with Gasteiger partial charge in [-0.3, -0.25) is 4.79 Å². The largest absolute Gasteiger partial charge is 0.337 e. The molecule has 1 amide bonds. The van der Waals surface area contributed by atoms with Crippen LogP contribution >= 0.6 is 0 Å². The molecular weight excluding hydrogens is 278 g/mol. The first-order valence-electron chi connectivity index (χ1n) is 7.82. The third-order valence-electron chi connectivity index (χ3n) is 4.64. The van der Waals surface area contributed by atoms with Gasteiger partial charge in [-0.15, -0.1) is 5.10 Å². The van der Waals surface area contributed by atoms with Gasteiger partial charge in [0.25, 0.3) is 5.91 Å². The molecule has 2 saturated heterocycles. The van der Waals surface area contributed by atoms with E-state index < -0.39 is 0 Å². The standard InChI is InChI=1S/C16H19N5O/c22-16(20-9-7-14-12(11-20)6-8-17-14)15-10-18-21(19-15)13-4-2-1-3-5-13/h1-5,10,12,14,17H,6-9,11H2. The third kappa shape index (κ3) is 2.39. The Morgan fingerprint density at radius 2 is 2.09 bits per heavy atom. The van der Waals surface area contributed by atoms with Crippen molar-refractivity contribution in [1.82, 2.24) is 25.2 Å². The first-order chi connectivity index (χ1) is 10.8. The van der Waals surface area contributed by atoms with E-state index in [4.69, 9.17) is 0 Å². The number of para-hydroxylation sites is 1. The van der Waals surface area contributed by atoms with Crippen LogP contribution in [0.3, 0.4) is 0 Å². The van der Waals surface area contributed by atoms with Crippen molar-refractivity contribution >= 4 is 5.91 Å². The molecule has 2 aromatic rings. The van der Waals surface area contributed by atoms with Crippen molar-refractivity contribution in [3.05, 3.63) is 42.2 Å². The lowest BCUT2D eigenvalue weighted by atomic mass is 9.93. The van der Waals surface area contributed by atoms with Gasteiger partial charge in [-0.25, -0.2) is 0 Å². The second-order valence-corrected chi connectivity index (χ2v) is 6.00. The topological polar surface area (TPSA) is 63.1 Å². The molecule has 22 heavy (non-hydrogen) atoms. The van der Waals surface area contributed by atoms with E-state index in [1.807, 2.05) is 35.2 Å². The number of benzene rings is 1. The van der Waals surface area contributed by atoms with Crippen LogP contribution in [-0.4, -0.2) is 51.5 Å². The number of carbonyl (C=O) groups excluding carboxylic acids is 1. The summed E-state index contributed by atoms with van der Waals surface area (Å²) >= 11 is 0. The molecule has 0 aliphatic carbocycles. The Labute approximate surface area is 129 Å². The van der Waals surface area contributed by atoms with E-state index >= 15 is 0 Å². The molecule has 114 valence electrons. The molecule has 1 N–H and O–H groups in total. The zero-order valence-electron chi connectivity index (χ0n) is 12.4. The smallest absolute Gasteiger partial charge is 0.276 e. The Bertz CT molecular complexity index is 668. The second kappa shape index (κ2) is 5.53. The fourth-order valence-electron chi connectivity index (χ4n) is 3.44. The van der Waals surface area contributed by atoms with Gasteiger partial charge in [0.15, 0.2) is 5.69 Å². The lowest BCUT2D eigenvalue weighted by molar-refractivity contribution is 0.0655. The van der Waals surface area contributed by atoms with Crippen LogP contribution in [0.2, 0.25) is 0 Å². The highest BCUT2D eigenvalue weighted by Gasteiger charge is 2.35. The minimum absolute atomic E-state index is 0.00692. The molecular formula is C16H19N5O. The summed E-state index contributed by atoms with van der Waals surface area (Å²) < 4.78 is 0. The Hall–Kier alpha value is -2.21. The zero-order chi connectivity index (χ0) is 14.9. The molecule has 6 nitrogen and oxygen atoms in total. The van der Waals surface area contributed by atoms with Crippen LogP contribution in [-0.2, 0) is 0 Å². The Kier molecular flexibility index (Phi) is 3.38. The van der Waals surface area contributed by atoms with Gasteiger partial charge in [-0.2, -0.15) is 9.90 Å². The normalized spacial score (nSPS) is 24.3. The molecule has 1 aromatic heterocycles. The van der Waals surface area contributed by atoms with E-state index in [1.54, 1.807) is 6.20 Å². The van der Waals surface area contributed by atoms with Crippen molar-refractivity contribution in [3.63, 3.8) is 0 Å². The van der Waals surface area contributed by atoms with Gasteiger partial charge in [0.05, 0.1) is 11.9 Å². The van der Waals surface area contributed by atoms with Gasteiger partial charge in [0.1, 0.15) is 0 Å². The average Bonchev–Trinajstić information content (AvgIpc) is 3.23. The van der Waals surface area contributed by atoms with Crippen molar-refractivity contribution < 1.29 is 4.79 Å². The molecule has 0 radical (unpaired) electrons. The molecule has 1 aromatic carbocycles. The van der Waals surface area contributed by atoms with Crippen LogP contribution in [0.4, 0.5) is 0 Å². The summed E-state index contributed by atoms with van der Waals surface area (Å²) in [5.41, 5.74) is 1.29. The number of piperidine rings is 1. The van der Waals surface area contributed by atoms with Crippen molar-refractivity contribution in [2.45, 2.75) is 18.9 Å². The minimum atomic E-state index is -0.00692. The lowest BCUT2D eigenvalue weighted by Crippen LogP contribution is -2.47. The predicted octanol–water partition coefficient (Wildman–Crippen LogP) is 1.09. The molecule has 2 fully saturated rings. The third-order valence-corrected chi connectivity index (χ3v) is 4.64. The number of hydrogen-bond acceptors (Lipinski definition) is 4. The molecule has 4 rings (SSSR count). The summed E-state index contributed by atoms with van der Waals surface area (Å²) in [5, 5.41) is 12.1. The zero-order valence-corrected chi connectivity index (χ0v) is 12.4. The SMILES string of the molecule is O=C(c1cnn(-c2ccccc2)n1)N1CCC2NCCC2C1. The van der Waals surface area contributed by atoms with Crippen LogP contribution in [0.1, 0.15) is 23.3 Å². The van der Waals surface area contributed by atoms with Crippen LogP contribution in [0.15, 0.2) is 36.5 Å². The maximum Gasteiger partial charge on any atom is 0.276 e. The first-order valence-corrected chi connectivity index (χ1v) is 7.82. The van der Waals surface area contributed by atoms with Gasteiger partial charge < -0.3 is 10.2 Å². The maximum atomic E-state index is 12.6. The molecule has 2 aliphatic rings. The number of hydrogen-bond donors (Lipinski definition) is 1. The van der Waals surface area contributed by atoms with Gasteiger partial charge in [0.2, 0.25) is 0 Å². The number of amides is 1. The van der Waals surface area contributed by atoms with Gasteiger partial charge >= 0.3 is 0 Å². The van der Waals surface area contributed by atoms with Crippen molar-refractivity contribution in [3.8, 4) is 5.69 Å². The van der Waals surface area contributed by atoms with E-state index in [-0.39, 0.29) is 5.91 Å².